The van der Waals surface area contributed by atoms with Gasteiger partial charge in [-0.25, -0.2) is 0 Å². The van der Waals surface area contributed by atoms with Gasteiger partial charge in [0.2, 0.25) is 5.91 Å². The number of hydrogen-bond donors (Lipinski definition) is 2. The second kappa shape index (κ2) is 5.73. The largest absolute Gasteiger partial charge is 0.457 e. The number of carbonyl (C=O) groups is 1. The molecule has 4 nitrogen and oxygen atoms in total. The van der Waals surface area contributed by atoms with Crippen molar-refractivity contribution in [3.8, 4) is 11.5 Å². The van der Waals surface area contributed by atoms with Gasteiger partial charge in [0, 0.05) is 17.1 Å². The molecule has 2 aromatic rings. The zero-order valence-electron chi connectivity index (χ0n) is 10.1. The van der Waals surface area contributed by atoms with Crippen LogP contribution >= 0.6 is 11.6 Å². The van der Waals surface area contributed by atoms with Crippen LogP contribution in [-0.2, 0) is 6.54 Å². The van der Waals surface area contributed by atoms with Gasteiger partial charge in [0.15, 0.2) is 0 Å². The van der Waals surface area contributed by atoms with E-state index < -0.39 is 5.91 Å². The van der Waals surface area contributed by atoms with E-state index in [1.54, 1.807) is 36.4 Å². The van der Waals surface area contributed by atoms with E-state index in [2.05, 4.69) is 0 Å². The third-order valence-electron chi connectivity index (χ3n) is 2.62. The van der Waals surface area contributed by atoms with Crippen molar-refractivity contribution in [1.29, 1.82) is 0 Å². The first-order valence-corrected chi connectivity index (χ1v) is 6.04. The van der Waals surface area contributed by atoms with Gasteiger partial charge in [0.1, 0.15) is 11.5 Å². The van der Waals surface area contributed by atoms with Crippen LogP contribution in [-0.4, -0.2) is 5.91 Å². The predicted molar refractivity (Wildman–Crippen MR) is 74.4 cm³/mol. The van der Waals surface area contributed by atoms with Crippen LogP contribution in [0.15, 0.2) is 42.5 Å². The first-order chi connectivity index (χ1) is 9.10. The SMILES string of the molecule is NCc1ccc(Oc2ccc(C(N)=O)cc2)cc1Cl. The molecule has 0 saturated carbocycles. The summed E-state index contributed by atoms with van der Waals surface area (Å²) in [6.07, 6.45) is 0. The van der Waals surface area contributed by atoms with Gasteiger partial charge in [0.05, 0.1) is 0 Å². The van der Waals surface area contributed by atoms with Gasteiger partial charge in [-0.2, -0.15) is 0 Å². The molecule has 4 N–H and O–H groups in total. The van der Waals surface area contributed by atoms with Gasteiger partial charge < -0.3 is 16.2 Å². The van der Waals surface area contributed by atoms with Crippen molar-refractivity contribution >= 4 is 17.5 Å². The Hall–Kier alpha value is -2.04. The number of nitrogens with two attached hydrogens (primary N) is 2. The summed E-state index contributed by atoms with van der Waals surface area (Å²) in [7, 11) is 0. The van der Waals surface area contributed by atoms with Crippen LogP contribution in [0.2, 0.25) is 5.02 Å². The third-order valence-corrected chi connectivity index (χ3v) is 2.97. The Morgan fingerprint density at radius 2 is 1.74 bits per heavy atom. The fourth-order valence-corrected chi connectivity index (χ4v) is 1.83. The average molecular weight is 277 g/mol. The van der Waals surface area contributed by atoms with E-state index in [0.29, 0.717) is 28.6 Å². The lowest BCUT2D eigenvalue weighted by atomic mass is 10.2. The molecule has 0 bridgehead atoms. The Morgan fingerprint density at radius 1 is 1.11 bits per heavy atom. The van der Waals surface area contributed by atoms with Gasteiger partial charge >= 0.3 is 0 Å². The van der Waals surface area contributed by atoms with E-state index >= 15 is 0 Å². The maximum atomic E-state index is 10.9. The van der Waals surface area contributed by atoms with Crippen molar-refractivity contribution < 1.29 is 9.53 Å². The van der Waals surface area contributed by atoms with Crippen LogP contribution < -0.4 is 16.2 Å². The van der Waals surface area contributed by atoms with E-state index in [1.807, 2.05) is 6.07 Å². The topological polar surface area (TPSA) is 78.3 Å². The maximum Gasteiger partial charge on any atom is 0.248 e. The van der Waals surface area contributed by atoms with E-state index in [-0.39, 0.29) is 0 Å². The molecule has 0 heterocycles. The lowest BCUT2D eigenvalue weighted by Gasteiger charge is -2.08. The van der Waals surface area contributed by atoms with Crippen LogP contribution in [0.25, 0.3) is 0 Å². The molecule has 19 heavy (non-hydrogen) atoms. The van der Waals surface area contributed by atoms with E-state index in [4.69, 9.17) is 27.8 Å². The Kier molecular flexibility index (Phi) is 4.04. The number of halogens is 1. The fourth-order valence-electron chi connectivity index (χ4n) is 1.58. The molecule has 0 radical (unpaired) electrons. The summed E-state index contributed by atoms with van der Waals surface area (Å²) in [5.41, 5.74) is 12.0. The normalized spacial score (nSPS) is 10.2. The van der Waals surface area contributed by atoms with Gasteiger partial charge in [-0.3, -0.25) is 4.79 Å². The average Bonchev–Trinajstić information content (AvgIpc) is 2.39. The smallest absolute Gasteiger partial charge is 0.248 e. The number of hydrogen-bond acceptors (Lipinski definition) is 3. The van der Waals surface area contributed by atoms with E-state index in [1.165, 1.54) is 0 Å². The van der Waals surface area contributed by atoms with Crippen molar-refractivity contribution in [3.05, 3.63) is 58.6 Å². The molecule has 2 rings (SSSR count). The molecule has 5 heteroatoms. The minimum Gasteiger partial charge on any atom is -0.457 e. The molecule has 0 aliphatic rings. The lowest BCUT2D eigenvalue weighted by molar-refractivity contribution is 0.100. The number of primary amides is 1. The highest BCUT2D eigenvalue weighted by Gasteiger charge is 2.04. The minimum atomic E-state index is -0.470. The summed E-state index contributed by atoms with van der Waals surface area (Å²) in [4.78, 5) is 10.9. The molecule has 0 spiro atoms. The highest BCUT2D eigenvalue weighted by atomic mass is 35.5. The molecule has 2 aromatic carbocycles. The third kappa shape index (κ3) is 3.24. The van der Waals surface area contributed by atoms with Crippen molar-refractivity contribution in [3.63, 3.8) is 0 Å². The second-order valence-corrected chi connectivity index (χ2v) is 4.36. The molecular formula is C14H13ClN2O2. The van der Waals surface area contributed by atoms with Gasteiger partial charge in [-0.15, -0.1) is 0 Å². The van der Waals surface area contributed by atoms with E-state index in [0.717, 1.165) is 5.56 Å². The quantitative estimate of drug-likeness (QED) is 0.901. The molecule has 98 valence electrons. The molecule has 0 aliphatic carbocycles. The Labute approximate surface area is 115 Å². The lowest BCUT2D eigenvalue weighted by Crippen LogP contribution is -2.10. The molecule has 0 aliphatic heterocycles. The minimum absolute atomic E-state index is 0.381. The molecule has 1 amide bonds. The van der Waals surface area contributed by atoms with Crippen LogP contribution in [0.1, 0.15) is 15.9 Å². The molecule has 0 fully saturated rings. The van der Waals surface area contributed by atoms with Crippen LogP contribution in [0, 0.1) is 0 Å². The monoisotopic (exact) mass is 276 g/mol. The summed E-state index contributed by atoms with van der Waals surface area (Å²) < 4.78 is 5.62. The summed E-state index contributed by atoms with van der Waals surface area (Å²) in [6, 6.07) is 11.9. The molecular weight excluding hydrogens is 264 g/mol. The number of benzene rings is 2. The number of ether oxygens (including phenoxy) is 1. The number of amides is 1. The van der Waals surface area contributed by atoms with Crippen LogP contribution in [0.5, 0.6) is 11.5 Å². The first-order valence-electron chi connectivity index (χ1n) is 5.66. The zero-order chi connectivity index (χ0) is 13.8. The standard InChI is InChI=1S/C14H13ClN2O2/c15-13-7-12(6-3-10(13)8-16)19-11-4-1-9(2-5-11)14(17)18/h1-7H,8,16H2,(H2,17,18). The Bertz CT molecular complexity index is 597. The molecule has 0 aromatic heterocycles. The second-order valence-electron chi connectivity index (χ2n) is 3.95. The molecule has 0 unspecified atom stereocenters. The number of carbonyl (C=O) groups excluding carboxylic acids is 1. The van der Waals surface area contributed by atoms with Crippen LogP contribution in [0.4, 0.5) is 0 Å². The molecule has 0 atom stereocenters. The van der Waals surface area contributed by atoms with Crippen molar-refractivity contribution in [2.45, 2.75) is 6.54 Å². The van der Waals surface area contributed by atoms with Gasteiger partial charge in [0.25, 0.3) is 0 Å². The molecule has 0 saturated heterocycles. The van der Waals surface area contributed by atoms with Crippen LogP contribution in [0.3, 0.4) is 0 Å². The van der Waals surface area contributed by atoms with Crippen molar-refractivity contribution in [2.75, 3.05) is 0 Å². The van der Waals surface area contributed by atoms with Crippen molar-refractivity contribution in [1.82, 2.24) is 0 Å². The van der Waals surface area contributed by atoms with Crippen molar-refractivity contribution in [2.24, 2.45) is 11.5 Å². The number of rotatable bonds is 4. The summed E-state index contributed by atoms with van der Waals surface area (Å²) in [5, 5.41) is 0.564. The highest BCUT2D eigenvalue weighted by Crippen LogP contribution is 2.26. The maximum absolute atomic E-state index is 10.9. The Balaban J connectivity index is 2.16. The van der Waals surface area contributed by atoms with E-state index in [9.17, 15) is 4.79 Å². The zero-order valence-corrected chi connectivity index (χ0v) is 10.9. The van der Waals surface area contributed by atoms with Gasteiger partial charge in [-0.1, -0.05) is 17.7 Å². The highest BCUT2D eigenvalue weighted by molar-refractivity contribution is 6.31. The summed E-state index contributed by atoms with van der Waals surface area (Å²) >= 11 is 6.04. The van der Waals surface area contributed by atoms with Gasteiger partial charge in [-0.05, 0) is 42.0 Å². The Morgan fingerprint density at radius 3 is 2.26 bits per heavy atom. The predicted octanol–water partition coefficient (Wildman–Crippen LogP) is 2.69. The fraction of sp³-hybridized carbons (Fsp3) is 0.0714. The summed E-state index contributed by atoms with van der Waals surface area (Å²) in [5.74, 6) is 0.734. The summed E-state index contributed by atoms with van der Waals surface area (Å²) in [6.45, 7) is 0.381. The first kappa shape index (κ1) is 13.4.